The number of furan rings is 1. The molecule has 2 aromatic rings. The van der Waals surface area contributed by atoms with Crippen LogP contribution < -0.4 is 11.1 Å². The summed E-state index contributed by atoms with van der Waals surface area (Å²) in [4.78, 5) is 11.9. The fraction of sp³-hybridized carbons (Fsp3) is 0. The predicted octanol–water partition coefficient (Wildman–Crippen LogP) is 4.40. The molecule has 7 heteroatoms. The van der Waals surface area contributed by atoms with E-state index in [0.717, 1.165) is 4.47 Å². The van der Waals surface area contributed by atoms with Crippen molar-refractivity contribution in [1.29, 1.82) is 0 Å². The first-order valence-corrected chi connectivity index (χ1v) is 7.16. The Bertz CT molecular complexity index is 587. The van der Waals surface area contributed by atoms with Crippen molar-refractivity contribution < 1.29 is 9.21 Å². The van der Waals surface area contributed by atoms with E-state index in [2.05, 4.69) is 53.1 Å². The molecule has 0 aliphatic heterocycles. The largest absolute Gasteiger partial charge is 0.444 e. The maximum Gasteiger partial charge on any atom is 0.291 e. The highest BCUT2D eigenvalue weighted by Crippen LogP contribution is 2.33. The number of rotatable bonds is 2. The third-order valence-corrected chi connectivity index (χ3v) is 3.63. The third-order valence-electron chi connectivity index (χ3n) is 2.12. The Kier molecular flexibility index (Phi) is 4.14. The Balaban J connectivity index is 2.27. The first kappa shape index (κ1) is 13.6. The van der Waals surface area contributed by atoms with Crippen LogP contribution in [0.1, 0.15) is 10.6 Å². The number of nitrogen functional groups attached to an aromatic ring is 1. The molecule has 1 amide bonds. The minimum atomic E-state index is -0.365. The molecule has 1 heterocycles. The number of halogens is 3. The Morgan fingerprint density at radius 1 is 1.22 bits per heavy atom. The van der Waals surface area contributed by atoms with Crippen molar-refractivity contribution in [3.05, 3.63) is 43.6 Å². The Labute approximate surface area is 128 Å². The average Bonchev–Trinajstić information content (AvgIpc) is 2.70. The zero-order valence-corrected chi connectivity index (χ0v) is 13.6. The van der Waals surface area contributed by atoms with Gasteiger partial charge >= 0.3 is 0 Å². The van der Waals surface area contributed by atoms with Gasteiger partial charge in [-0.3, -0.25) is 4.79 Å². The van der Waals surface area contributed by atoms with Gasteiger partial charge in [0.25, 0.3) is 5.91 Å². The lowest BCUT2D eigenvalue weighted by Crippen LogP contribution is -2.12. The van der Waals surface area contributed by atoms with Crippen molar-refractivity contribution >= 4 is 65.1 Å². The number of nitrogens with two attached hydrogens (primary N) is 1. The molecule has 0 aliphatic carbocycles. The Morgan fingerprint density at radius 2 is 1.94 bits per heavy atom. The molecular weight excluding hydrogens is 432 g/mol. The van der Waals surface area contributed by atoms with Crippen LogP contribution in [0.2, 0.25) is 0 Å². The van der Waals surface area contributed by atoms with Crippen LogP contribution in [0, 0.1) is 0 Å². The molecule has 0 radical (unpaired) electrons. The van der Waals surface area contributed by atoms with E-state index in [1.54, 1.807) is 24.3 Å². The molecule has 2 rings (SSSR count). The van der Waals surface area contributed by atoms with Crippen molar-refractivity contribution in [2.24, 2.45) is 0 Å². The van der Waals surface area contributed by atoms with Gasteiger partial charge in [-0.2, -0.15) is 0 Å². The summed E-state index contributed by atoms with van der Waals surface area (Å²) in [5.74, 6) is -0.161. The summed E-state index contributed by atoms with van der Waals surface area (Å²) in [6.07, 6.45) is 0. The topological polar surface area (TPSA) is 68.3 Å². The van der Waals surface area contributed by atoms with Crippen LogP contribution in [-0.2, 0) is 0 Å². The maximum absolute atomic E-state index is 11.9. The van der Waals surface area contributed by atoms with Crippen LogP contribution >= 0.6 is 47.8 Å². The molecule has 3 N–H and O–H groups in total. The summed E-state index contributed by atoms with van der Waals surface area (Å²) in [5.41, 5.74) is 6.80. The monoisotopic (exact) mass is 436 g/mol. The molecule has 0 aliphatic rings. The number of hydrogen-bond donors (Lipinski definition) is 2. The molecule has 0 bridgehead atoms. The number of hydrogen-bond acceptors (Lipinski definition) is 3. The first-order valence-electron chi connectivity index (χ1n) is 4.78. The lowest BCUT2D eigenvalue weighted by atomic mass is 10.2. The van der Waals surface area contributed by atoms with Gasteiger partial charge in [-0.05, 0) is 56.1 Å². The van der Waals surface area contributed by atoms with Gasteiger partial charge in [0.05, 0.1) is 11.4 Å². The summed E-state index contributed by atoms with van der Waals surface area (Å²) in [7, 11) is 0. The molecule has 18 heavy (non-hydrogen) atoms. The Hall–Kier alpha value is -0.790. The lowest BCUT2D eigenvalue weighted by Gasteiger charge is -2.09. The third kappa shape index (κ3) is 2.96. The van der Waals surface area contributed by atoms with Crippen LogP contribution in [0.4, 0.5) is 11.4 Å². The second-order valence-corrected chi connectivity index (χ2v) is 5.96. The van der Waals surface area contributed by atoms with Crippen LogP contribution in [0.3, 0.4) is 0 Å². The summed E-state index contributed by atoms with van der Waals surface area (Å²) in [6.45, 7) is 0. The van der Waals surface area contributed by atoms with Gasteiger partial charge in [0, 0.05) is 8.95 Å². The second kappa shape index (κ2) is 5.46. The molecule has 1 aromatic heterocycles. The SMILES string of the molecule is Nc1cc(Br)cc(Br)c1NC(=O)c1ccc(Br)o1. The van der Waals surface area contributed by atoms with Crippen molar-refractivity contribution in [2.45, 2.75) is 0 Å². The molecule has 0 atom stereocenters. The lowest BCUT2D eigenvalue weighted by molar-refractivity contribution is 0.0995. The number of carbonyl (C=O) groups is 1. The highest BCUT2D eigenvalue weighted by atomic mass is 79.9. The van der Waals surface area contributed by atoms with E-state index in [1.165, 1.54) is 0 Å². The van der Waals surface area contributed by atoms with Crippen molar-refractivity contribution in [3.63, 3.8) is 0 Å². The fourth-order valence-electron chi connectivity index (χ4n) is 1.34. The van der Waals surface area contributed by atoms with Crippen LogP contribution in [0.15, 0.2) is 42.3 Å². The normalized spacial score (nSPS) is 10.4. The second-order valence-electron chi connectivity index (χ2n) is 3.41. The number of benzene rings is 1. The smallest absolute Gasteiger partial charge is 0.291 e. The molecule has 0 spiro atoms. The van der Waals surface area contributed by atoms with Gasteiger partial charge in [0.2, 0.25) is 0 Å². The van der Waals surface area contributed by atoms with Crippen LogP contribution in [0.5, 0.6) is 0 Å². The predicted molar refractivity (Wildman–Crippen MR) is 80.6 cm³/mol. The van der Waals surface area contributed by atoms with Crippen molar-refractivity contribution in [3.8, 4) is 0 Å². The van der Waals surface area contributed by atoms with Crippen LogP contribution in [-0.4, -0.2) is 5.91 Å². The molecule has 0 saturated heterocycles. The zero-order chi connectivity index (χ0) is 13.3. The highest BCUT2D eigenvalue weighted by Gasteiger charge is 2.14. The molecule has 1 aromatic carbocycles. The molecule has 0 unspecified atom stereocenters. The number of carbonyl (C=O) groups excluding carboxylic acids is 1. The zero-order valence-electron chi connectivity index (χ0n) is 8.84. The summed E-state index contributed by atoms with van der Waals surface area (Å²) in [6, 6.07) is 6.72. The minimum Gasteiger partial charge on any atom is -0.444 e. The van der Waals surface area contributed by atoms with E-state index < -0.39 is 0 Å². The molecule has 0 saturated carbocycles. The van der Waals surface area contributed by atoms with Gasteiger partial charge < -0.3 is 15.5 Å². The van der Waals surface area contributed by atoms with Gasteiger partial charge in [-0.15, -0.1) is 0 Å². The van der Waals surface area contributed by atoms with Crippen LogP contribution in [0.25, 0.3) is 0 Å². The first-order chi connectivity index (χ1) is 8.47. The highest BCUT2D eigenvalue weighted by molar-refractivity contribution is 9.11. The van der Waals surface area contributed by atoms with Gasteiger partial charge in [0.1, 0.15) is 0 Å². The molecule has 94 valence electrons. The molecular formula is C11H7Br3N2O2. The molecule has 4 nitrogen and oxygen atoms in total. The quantitative estimate of drug-likeness (QED) is 0.683. The average molecular weight is 439 g/mol. The standard InChI is InChI=1S/C11H7Br3N2O2/c12-5-3-6(13)10(7(15)4-5)16-11(17)8-1-2-9(14)18-8/h1-4H,15H2,(H,16,17). The number of anilines is 2. The van der Waals surface area contributed by atoms with E-state index in [-0.39, 0.29) is 11.7 Å². The van der Waals surface area contributed by atoms with Crippen molar-refractivity contribution in [2.75, 3.05) is 11.1 Å². The van der Waals surface area contributed by atoms with E-state index in [0.29, 0.717) is 20.5 Å². The van der Waals surface area contributed by atoms with E-state index in [1.807, 2.05) is 0 Å². The Morgan fingerprint density at radius 3 is 2.50 bits per heavy atom. The van der Waals surface area contributed by atoms with E-state index in [4.69, 9.17) is 10.2 Å². The summed E-state index contributed by atoms with van der Waals surface area (Å²) >= 11 is 9.79. The summed E-state index contributed by atoms with van der Waals surface area (Å²) < 4.78 is 7.17. The van der Waals surface area contributed by atoms with E-state index >= 15 is 0 Å². The molecule has 0 fully saturated rings. The fourth-order valence-corrected chi connectivity index (χ4v) is 3.00. The van der Waals surface area contributed by atoms with Gasteiger partial charge in [0.15, 0.2) is 10.4 Å². The van der Waals surface area contributed by atoms with Crippen molar-refractivity contribution in [1.82, 2.24) is 0 Å². The number of amides is 1. The number of nitrogens with one attached hydrogen (secondary N) is 1. The maximum atomic E-state index is 11.9. The van der Waals surface area contributed by atoms with Gasteiger partial charge in [-0.25, -0.2) is 0 Å². The van der Waals surface area contributed by atoms with E-state index in [9.17, 15) is 4.79 Å². The summed E-state index contributed by atoms with van der Waals surface area (Å²) in [5, 5.41) is 2.69. The van der Waals surface area contributed by atoms with Gasteiger partial charge in [-0.1, -0.05) is 15.9 Å². The minimum absolute atomic E-state index is 0.205.